The molecule has 1 aliphatic heterocycles. The molecule has 5 heteroatoms. The first-order valence-electron chi connectivity index (χ1n) is 5.64. The van der Waals surface area contributed by atoms with E-state index in [-0.39, 0.29) is 24.3 Å². The maximum absolute atomic E-state index is 11.4. The molecule has 1 unspecified atom stereocenters. The molecule has 0 spiro atoms. The highest BCUT2D eigenvalue weighted by Crippen LogP contribution is 2.23. The highest BCUT2D eigenvalue weighted by molar-refractivity contribution is 5.76. The van der Waals surface area contributed by atoms with Gasteiger partial charge in [0.15, 0.2) is 0 Å². The first-order valence-corrected chi connectivity index (χ1v) is 5.64. The molecular formula is C11H19NO4. The summed E-state index contributed by atoms with van der Waals surface area (Å²) in [4.78, 5) is 21.6. The largest absolute Gasteiger partial charge is 0.481 e. The molecule has 0 aromatic heterocycles. The predicted molar refractivity (Wildman–Crippen MR) is 58.1 cm³/mol. The fourth-order valence-corrected chi connectivity index (χ4v) is 1.75. The van der Waals surface area contributed by atoms with Gasteiger partial charge in [0.1, 0.15) is 0 Å². The van der Waals surface area contributed by atoms with Crippen LogP contribution in [0.25, 0.3) is 0 Å². The van der Waals surface area contributed by atoms with Gasteiger partial charge < -0.3 is 15.2 Å². The van der Waals surface area contributed by atoms with Crippen LogP contribution in [-0.2, 0) is 14.3 Å². The van der Waals surface area contributed by atoms with Gasteiger partial charge in [-0.2, -0.15) is 0 Å². The summed E-state index contributed by atoms with van der Waals surface area (Å²) in [5.74, 6) is -0.961. The minimum Gasteiger partial charge on any atom is -0.481 e. The molecule has 92 valence electrons. The Morgan fingerprint density at radius 3 is 2.75 bits per heavy atom. The van der Waals surface area contributed by atoms with E-state index in [2.05, 4.69) is 5.32 Å². The van der Waals surface area contributed by atoms with Crippen LogP contribution in [-0.4, -0.2) is 35.7 Å². The average Bonchev–Trinajstić information content (AvgIpc) is 2.62. The molecule has 0 bridgehead atoms. The summed E-state index contributed by atoms with van der Waals surface area (Å²) in [7, 11) is 0. The molecule has 1 saturated heterocycles. The molecule has 2 N–H and O–H groups in total. The second-order valence-corrected chi connectivity index (χ2v) is 4.43. The Morgan fingerprint density at radius 1 is 1.44 bits per heavy atom. The maximum atomic E-state index is 11.4. The van der Waals surface area contributed by atoms with Crippen LogP contribution in [0.4, 0.5) is 0 Å². The zero-order valence-corrected chi connectivity index (χ0v) is 9.62. The van der Waals surface area contributed by atoms with E-state index in [1.54, 1.807) is 0 Å². The maximum Gasteiger partial charge on any atom is 0.303 e. The Balaban J connectivity index is 2.12. The normalized spacial score (nSPS) is 24.3. The highest BCUT2D eigenvalue weighted by Gasteiger charge is 2.29. The summed E-state index contributed by atoms with van der Waals surface area (Å²) < 4.78 is 5.52. The van der Waals surface area contributed by atoms with Crippen molar-refractivity contribution in [1.82, 2.24) is 5.32 Å². The molecular weight excluding hydrogens is 210 g/mol. The van der Waals surface area contributed by atoms with Gasteiger partial charge in [-0.15, -0.1) is 0 Å². The first kappa shape index (κ1) is 13.0. The van der Waals surface area contributed by atoms with Gasteiger partial charge >= 0.3 is 5.97 Å². The van der Waals surface area contributed by atoms with E-state index < -0.39 is 5.97 Å². The van der Waals surface area contributed by atoms with Crippen LogP contribution in [0.15, 0.2) is 0 Å². The molecule has 16 heavy (non-hydrogen) atoms. The quantitative estimate of drug-likeness (QED) is 0.710. The molecule has 1 atom stereocenters. The number of hydrogen-bond acceptors (Lipinski definition) is 3. The zero-order chi connectivity index (χ0) is 12.0. The Bertz CT molecular complexity index is 259. The van der Waals surface area contributed by atoms with E-state index >= 15 is 0 Å². The van der Waals surface area contributed by atoms with Gasteiger partial charge in [-0.05, 0) is 26.2 Å². The number of carboxylic acids is 1. The van der Waals surface area contributed by atoms with Crippen molar-refractivity contribution in [1.29, 1.82) is 0 Å². The van der Waals surface area contributed by atoms with E-state index in [1.165, 1.54) is 0 Å². The van der Waals surface area contributed by atoms with Crippen molar-refractivity contribution in [2.45, 2.75) is 44.6 Å². The Morgan fingerprint density at radius 2 is 2.19 bits per heavy atom. The molecule has 5 nitrogen and oxygen atoms in total. The molecule has 1 aliphatic rings. The third kappa shape index (κ3) is 4.61. The second kappa shape index (κ2) is 5.84. The van der Waals surface area contributed by atoms with Crippen LogP contribution in [0, 0.1) is 0 Å². The van der Waals surface area contributed by atoms with Gasteiger partial charge in [0.05, 0.1) is 5.60 Å². The Kier molecular flexibility index (Phi) is 4.73. The summed E-state index contributed by atoms with van der Waals surface area (Å²) in [5, 5.41) is 11.2. The number of nitrogens with one attached hydrogen (secondary N) is 1. The van der Waals surface area contributed by atoms with Crippen LogP contribution in [0.1, 0.15) is 39.0 Å². The monoisotopic (exact) mass is 229 g/mol. The molecule has 0 saturated carbocycles. The number of amides is 1. The van der Waals surface area contributed by atoms with E-state index in [9.17, 15) is 9.59 Å². The van der Waals surface area contributed by atoms with Crippen molar-refractivity contribution in [3.8, 4) is 0 Å². The van der Waals surface area contributed by atoms with E-state index in [0.717, 1.165) is 19.4 Å². The molecule has 0 aliphatic carbocycles. The smallest absolute Gasteiger partial charge is 0.303 e. The van der Waals surface area contributed by atoms with Gasteiger partial charge in [-0.3, -0.25) is 9.59 Å². The lowest BCUT2D eigenvalue weighted by Gasteiger charge is -2.23. The van der Waals surface area contributed by atoms with Crippen molar-refractivity contribution in [3.63, 3.8) is 0 Å². The fourth-order valence-electron chi connectivity index (χ4n) is 1.75. The minimum absolute atomic E-state index is 0.0428. The predicted octanol–water partition coefficient (Wildman–Crippen LogP) is 0.927. The Hall–Kier alpha value is -1.10. The molecule has 1 fully saturated rings. The van der Waals surface area contributed by atoms with Crippen LogP contribution < -0.4 is 5.32 Å². The summed E-state index contributed by atoms with van der Waals surface area (Å²) in [6, 6.07) is 0. The van der Waals surface area contributed by atoms with Crippen LogP contribution in [0.3, 0.4) is 0 Å². The zero-order valence-electron chi connectivity index (χ0n) is 9.62. The standard InChI is InChI=1S/C11H19NO4/c1-11(6-3-7-16-11)8-12-9(13)4-2-5-10(14)15/h2-8H2,1H3,(H,12,13)(H,14,15). The average molecular weight is 229 g/mol. The number of rotatable bonds is 6. The lowest BCUT2D eigenvalue weighted by molar-refractivity contribution is -0.137. The molecule has 1 amide bonds. The summed E-state index contributed by atoms with van der Waals surface area (Å²) in [6.07, 6.45) is 2.69. The molecule has 0 aromatic rings. The molecule has 0 radical (unpaired) electrons. The summed E-state index contributed by atoms with van der Waals surface area (Å²) in [5.41, 5.74) is -0.234. The number of aliphatic carboxylic acids is 1. The van der Waals surface area contributed by atoms with Crippen LogP contribution in [0.5, 0.6) is 0 Å². The van der Waals surface area contributed by atoms with Crippen LogP contribution >= 0.6 is 0 Å². The van der Waals surface area contributed by atoms with Crippen molar-refractivity contribution in [3.05, 3.63) is 0 Å². The van der Waals surface area contributed by atoms with Crippen molar-refractivity contribution < 1.29 is 19.4 Å². The van der Waals surface area contributed by atoms with Gasteiger partial charge in [0.2, 0.25) is 5.91 Å². The Labute approximate surface area is 95.2 Å². The van der Waals surface area contributed by atoms with Gasteiger partial charge in [-0.1, -0.05) is 0 Å². The number of hydrogen-bond donors (Lipinski definition) is 2. The number of carbonyl (C=O) groups is 2. The highest BCUT2D eigenvalue weighted by atomic mass is 16.5. The van der Waals surface area contributed by atoms with E-state index in [4.69, 9.17) is 9.84 Å². The van der Waals surface area contributed by atoms with Gasteiger partial charge in [0.25, 0.3) is 0 Å². The lowest BCUT2D eigenvalue weighted by atomic mass is 10.0. The SMILES string of the molecule is CC1(CNC(=O)CCCC(=O)O)CCCO1. The second-order valence-electron chi connectivity index (χ2n) is 4.43. The van der Waals surface area contributed by atoms with Crippen molar-refractivity contribution in [2.75, 3.05) is 13.2 Å². The fraction of sp³-hybridized carbons (Fsp3) is 0.818. The van der Waals surface area contributed by atoms with Crippen molar-refractivity contribution >= 4 is 11.9 Å². The summed E-state index contributed by atoms with van der Waals surface area (Å²) in [6.45, 7) is 3.25. The van der Waals surface area contributed by atoms with Crippen molar-refractivity contribution in [2.24, 2.45) is 0 Å². The molecule has 1 rings (SSSR count). The summed E-state index contributed by atoms with van der Waals surface area (Å²) >= 11 is 0. The molecule has 1 heterocycles. The first-order chi connectivity index (χ1) is 7.52. The number of carbonyl (C=O) groups excluding carboxylic acids is 1. The lowest BCUT2D eigenvalue weighted by Crippen LogP contribution is -2.40. The van der Waals surface area contributed by atoms with Gasteiger partial charge in [-0.25, -0.2) is 0 Å². The number of carboxylic acid groups (broad SMARTS) is 1. The topological polar surface area (TPSA) is 75.6 Å². The third-order valence-corrected chi connectivity index (χ3v) is 2.75. The number of ether oxygens (including phenoxy) is 1. The van der Waals surface area contributed by atoms with Gasteiger partial charge in [0, 0.05) is 26.0 Å². The third-order valence-electron chi connectivity index (χ3n) is 2.75. The molecule has 0 aromatic carbocycles. The minimum atomic E-state index is -0.862. The van der Waals surface area contributed by atoms with Crippen LogP contribution in [0.2, 0.25) is 0 Å². The van der Waals surface area contributed by atoms with E-state index in [0.29, 0.717) is 13.0 Å². The van der Waals surface area contributed by atoms with E-state index in [1.807, 2.05) is 6.92 Å².